The fourth-order valence-electron chi connectivity index (χ4n) is 5.25. The highest BCUT2D eigenvalue weighted by atomic mass is 79.9. The van der Waals surface area contributed by atoms with Crippen molar-refractivity contribution in [3.8, 4) is 29.1 Å². The molecule has 8 nitrogen and oxygen atoms in total. The number of nitrogens with two attached hydrogens (primary N) is 1. The Kier molecular flexibility index (Phi) is 8.20. The van der Waals surface area contributed by atoms with Crippen LogP contribution < -0.4 is 24.7 Å². The normalized spacial score (nSPS) is 14.0. The SMILES string of the molecule is CCOc1cc(C2C(C#N)=C(N)Oc3cc(OC(=O)c4oc5cc(Br)ccc5c4C)ccc32)ccc1OCc1ccccc1F. The van der Waals surface area contributed by atoms with Gasteiger partial charge in [0.25, 0.3) is 0 Å². The van der Waals surface area contributed by atoms with Crippen LogP contribution in [0.15, 0.2) is 99.2 Å². The minimum atomic E-state index is -0.666. The Morgan fingerprint density at radius 1 is 1.04 bits per heavy atom. The molecule has 4 aromatic carbocycles. The van der Waals surface area contributed by atoms with Crippen molar-refractivity contribution >= 4 is 32.9 Å². The smallest absolute Gasteiger partial charge is 0.379 e. The maximum atomic E-state index is 14.2. The number of hydrogen-bond donors (Lipinski definition) is 1. The van der Waals surface area contributed by atoms with Gasteiger partial charge in [-0.2, -0.15) is 5.26 Å². The molecular formula is C35H26BrFN2O6. The standard InChI is InChI=1S/C35H26BrFN2O6/c1-3-41-31-14-20(8-13-28(31)42-18-21-6-4-5-7-27(21)37)32-25-12-10-23(16-30(25)45-34(39)26(32)17-38)43-35(40)33-19(2)24-11-9-22(36)15-29(24)44-33/h4-16,32H,3,18,39H2,1-2H3. The van der Waals surface area contributed by atoms with Crippen LogP contribution in [0.1, 0.15) is 45.7 Å². The van der Waals surface area contributed by atoms with Crippen LogP contribution in [0.5, 0.6) is 23.0 Å². The molecule has 6 rings (SSSR count). The summed E-state index contributed by atoms with van der Waals surface area (Å²) in [6.45, 7) is 3.99. The summed E-state index contributed by atoms with van der Waals surface area (Å²) in [5.41, 5.74) is 9.37. The molecule has 0 fully saturated rings. The summed E-state index contributed by atoms with van der Waals surface area (Å²) < 4.78 is 44.1. The predicted molar refractivity (Wildman–Crippen MR) is 168 cm³/mol. The van der Waals surface area contributed by atoms with Gasteiger partial charge in [0, 0.05) is 32.6 Å². The number of benzene rings is 4. The average molecular weight is 670 g/mol. The molecule has 2 N–H and O–H groups in total. The van der Waals surface area contributed by atoms with E-state index in [1.54, 1.807) is 67.6 Å². The Hall–Kier alpha value is -5.27. The molecule has 0 bridgehead atoms. The number of nitriles is 1. The van der Waals surface area contributed by atoms with Gasteiger partial charge in [-0.3, -0.25) is 0 Å². The first-order valence-electron chi connectivity index (χ1n) is 14.0. The van der Waals surface area contributed by atoms with Crippen LogP contribution >= 0.6 is 15.9 Å². The Bertz CT molecular complexity index is 2030. The summed E-state index contributed by atoms with van der Waals surface area (Å²) in [5, 5.41) is 10.8. The van der Waals surface area contributed by atoms with E-state index in [0.29, 0.717) is 51.7 Å². The van der Waals surface area contributed by atoms with E-state index in [1.807, 2.05) is 19.1 Å². The highest BCUT2D eigenvalue weighted by Crippen LogP contribution is 2.45. The quantitative estimate of drug-likeness (QED) is 0.130. The van der Waals surface area contributed by atoms with Crippen LogP contribution in [-0.4, -0.2) is 12.6 Å². The van der Waals surface area contributed by atoms with Crippen molar-refractivity contribution in [2.75, 3.05) is 6.61 Å². The number of allylic oxidation sites excluding steroid dienone is 1. The van der Waals surface area contributed by atoms with Crippen LogP contribution in [0.2, 0.25) is 0 Å². The molecule has 0 amide bonds. The number of ether oxygens (including phenoxy) is 4. The molecule has 5 aromatic rings. The molecule has 1 aliphatic heterocycles. The first-order valence-corrected chi connectivity index (χ1v) is 14.8. The molecule has 45 heavy (non-hydrogen) atoms. The van der Waals surface area contributed by atoms with Crippen molar-refractivity contribution in [3.05, 3.63) is 129 Å². The number of fused-ring (bicyclic) bond motifs is 2. The van der Waals surface area contributed by atoms with Crippen molar-refractivity contribution in [3.63, 3.8) is 0 Å². The van der Waals surface area contributed by atoms with E-state index in [0.717, 1.165) is 9.86 Å². The fraction of sp³-hybridized carbons (Fsp3) is 0.143. The Morgan fingerprint density at radius 3 is 2.64 bits per heavy atom. The average Bonchev–Trinajstić information content (AvgIpc) is 3.35. The Labute approximate surface area is 266 Å². The highest BCUT2D eigenvalue weighted by molar-refractivity contribution is 9.10. The molecular weight excluding hydrogens is 643 g/mol. The second-order valence-corrected chi connectivity index (χ2v) is 11.1. The molecule has 10 heteroatoms. The van der Waals surface area contributed by atoms with Crippen molar-refractivity contribution < 1.29 is 32.5 Å². The van der Waals surface area contributed by atoms with E-state index in [-0.39, 0.29) is 35.4 Å². The monoisotopic (exact) mass is 668 g/mol. The van der Waals surface area contributed by atoms with Gasteiger partial charge < -0.3 is 29.1 Å². The molecule has 0 saturated carbocycles. The van der Waals surface area contributed by atoms with Gasteiger partial charge in [0.2, 0.25) is 11.6 Å². The van der Waals surface area contributed by atoms with Gasteiger partial charge in [0.1, 0.15) is 41.1 Å². The Balaban J connectivity index is 1.30. The van der Waals surface area contributed by atoms with Crippen LogP contribution in [0.4, 0.5) is 4.39 Å². The molecule has 1 aromatic heterocycles. The largest absolute Gasteiger partial charge is 0.490 e. The van der Waals surface area contributed by atoms with Crippen LogP contribution in [0.3, 0.4) is 0 Å². The first-order chi connectivity index (χ1) is 21.8. The predicted octanol–water partition coefficient (Wildman–Crippen LogP) is 8.06. The molecule has 2 heterocycles. The first kappa shape index (κ1) is 29.8. The molecule has 1 aliphatic rings. The number of rotatable bonds is 8. The van der Waals surface area contributed by atoms with E-state index in [9.17, 15) is 14.4 Å². The van der Waals surface area contributed by atoms with Crippen molar-refractivity contribution in [2.24, 2.45) is 5.73 Å². The molecule has 226 valence electrons. The minimum Gasteiger partial charge on any atom is -0.490 e. The molecule has 1 unspecified atom stereocenters. The number of hydrogen-bond acceptors (Lipinski definition) is 8. The second kappa shape index (κ2) is 12.4. The summed E-state index contributed by atoms with van der Waals surface area (Å²) in [7, 11) is 0. The third-order valence-corrected chi connectivity index (χ3v) is 7.92. The number of carbonyl (C=O) groups is 1. The lowest BCUT2D eigenvalue weighted by atomic mass is 9.83. The van der Waals surface area contributed by atoms with Gasteiger partial charge in [-0.15, -0.1) is 0 Å². The number of nitrogens with zero attached hydrogens (tertiary/aromatic N) is 1. The summed E-state index contributed by atoms with van der Waals surface area (Å²) in [5.74, 6) is -0.252. The van der Waals surface area contributed by atoms with Gasteiger partial charge in [0.05, 0.1) is 12.5 Å². The third kappa shape index (κ3) is 5.82. The van der Waals surface area contributed by atoms with Crippen molar-refractivity contribution in [1.29, 1.82) is 5.26 Å². The van der Waals surface area contributed by atoms with Gasteiger partial charge in [0.15, 0.2) is 11.5 Å². The summed E-state index contributed by atoms with van der Waals surface area (Å²) >= 11 is 3.41. The number of esters is 1. The van der Waals surface area contributed by atoms with E-state index in [2.05, 4.69) is 22.0 Å². The van der Waals surface area contributed by atoms with Crippen molar-refractivity contribution in [1.82, 2.24) is 0 Å². The lowest BCUT2D eigenvalue weighted by Crippen LogP contribution is -2.21. The number of carbonyl (C=O) groups excluding carboxylic acids is 1. The van der Waals surface area contributed by atoms with E-state index < -0.39 is 11.9 Å². The minimum absolute atomic E-state index is 0.00902. The van der Waals surface area contributed by atoms with E-state index >= 15 is 0 Å². The second-order valence-electron chi connectivity index (χ2n) is 10.2. The number of aryl methyl sites for hydroxylation is 1. The zero-order chi connectivity index (χ0) is 31.7. The van der Waals surface area contributed by atoms with E-state index in [1.165, 1.54) is 6.07 Å². The number of halogens is 2. The highest BCUT2D eigenvalue weighted by Gasteiger charge is 2.32. The van der Waals surface area contributed by atoms with Gasteiger partial charge in [-0.05, 0) is 61.9 Å². The lowest BCUT2D eigenvalue weighted by Gasteiger charge is -2.27. The maximum Gasteiger partial charge on any atom is 0.379 e. The molecule has 0 radical (unpaired) electrons. The molecule has 0 aliphatic carbocycles. The third-order valence-electron chi connectivity index (χ3n) is 7.43. The van der Waals surface area contributed by atoms with E-state index in [4.69, 9.17) is 29.1 Å². The van der Waals surface area contributed by atoms with Crippen LogP contribution in [0, 0.1) is 24.1 Å². The summed E-state index contributed by atoms with van der Waals surface area (Å²) in [6, 6.07) is 24.2. The molecule has 1 atom stereocenters. The lowest BCUT2D eigenvalue weighted by molar-refractivity contribution is 0.0702. The Morgan fingerprint density at radius 2 is 1.87 bits per heavy atom. The zero-order valence-electron chi connectivity index (χ0n) is 24.2. The topological polar surface area (TPSA) is 117 Å². The van der Waals surface area contributed by atoms with Gasteiger partial charge >= 0.3 is 5.97 Å². The van der Waals surface area contributed by atoms with Crippen molar-refractivity contribution in [2.45, 2.75) is 26.4 Å². The molecule has 0 saturated heterocycles. The van der Waals surface area contributed by atoms with Gasteiger partial charge in [-0.1, -0.05) is 46.3 Å². The summed E-state index contributed by atoms with van der Waals surface area (Å²) in [4.78, 5) is 13.1. The van der Waals surface area contributed by atoms with Crippen LogP contribution in [0.25, 0.3) is 11.0 Å². The van der Waals surface area contributed by atoms with Gasteiger partial charge in [-0.25, -0.2) is 9.18 Å². The zero-order valence-corrected chi connectivity index (χ0v) is 25.8. The fourth-order valence-corrected chi connectivity index (χ4v) is 5.59. The maximum absolute atomic E-state index is 14.2. The number of furan rings is 1. The molecule has 0 spiro atoms. The summed E-state index contributed by atoms with van der Waals surface area (Å²) in [6.07, 6.45) is 0. The van der Waals surface area contributed by atoms with Crippen LogP contribution in [-0.2, 0) is 6.61 Å².